The third-order valence-electron chi connectivity index (χ3n) is 4.20. The molecule has 0 aromatic heterocycles. The Morgan fingerprint density at radius 2 is 1.39 bits per heavy atom. The van der Waals surface area contributed by atoms with Crippen molar-refractivity contribution >= 4 is 5.91 Å². The highest BCUT2D eigenvalue weighted by atomic mass is 16.3. The molecule has 0 aromatic rings. The minimum atomic E-state index is -0.247. The number of amides is 1. The summed E-state index contributed by atoms with van der Waals surface area (Å²) in [5.41, 5.74) is 0. The fourth-order valence-corrected chi connectivity index (χ4v) is 2.72. The maximum atomic E-state index is 12.0. The molecule has 0 aliphatic rings. The van der Waals surface area contributed by atoms with Gasteiger partial charge in [-0.3, -0.25) is 4.79 Å². The molecular weight excluding hydrogens is 288 g/mol. The van der Waals surface area contributed by atoms with Crippen molar-refractivity contribution in [2.75, 3.05) is 19.7 Å². The maximum absolute atomic E-state index is 12.0. The zero-order chi connectivity index (χ0) is 17.2. The van der Waals surface area contributed by atoms with Crippen molar-refractivity contribution in [3.05, 3.63) is 0 Å². The van der Waals surface area contributed by atoms with Crippen LogP contribution in [0.1, 0.15) is 90.9 Å². The van der Waals surface area contributed by atoms with E-state index in [0.29, 0.717) is 6.42 Å². The zero-order valence-electron chi connectivity index (χ0n) is 15.5. The lowest BCUT2D eigenvalue weighted by atomic mass is 10.1. The van der Waals surface area contributed by atoms with E-state index in [2.05, 4.69) is 24.5 Å². The van der Waals surface area contributed by atoms with E-state index in [-0.39, 0.29) is 18.6 Å². The summed E-state index contributed by atoms with van der Waals surface area (Å²) in [4.78, 5) is 12.0. The summed E-state index contributed by atoms with van der Waals surface area (Å²) in [7, 11) is 0. The Morgan fingerprint density at radius 1 is 0.826 bits per heavy atom. The van der Waals surface area contributed by atoms with Gasteiger partial charge in [0.15, 0.2) is 0 Å². The number of aliphatic hydroxyl groups is 1. The van der Waals surface area contributed by atoms with Gasteiger partial charge in [-0.05, 0) is 25.8 Å². The number of carbonyl (C=O) groups excluding carboxylic acids is 1. The van der Waals surface area contributed by atoms with Gasteiger partial charge in [-0.1, -0.05) is 71.6 Å². The minimum absolute atomic E-state index is 0.0309. The predicted octanol–water partition coefficient (Wildman–Crippen LogP) is 3.77. The number of unbranched alkanes of at least 4 members (excludes halogenated alkanes) is 9. The van der Waals surface area contributed by atoms with E-state index in [4.69, 9.17) is 5.11 Å². The molecule has 4 nitrogen and oxygen atoms in total. The van der Waals surface area contributed by atoms with Crippen LogP contribution in [0.25, 0.3) is 0 Å². The fourth-order valence-electron chi connectivity index (χ4n) is 2.72. The standard InChI is InChI=1S/C19H40N2O2/c1-3-5-6-7-8-9-10-11-12-13-16-21-19(23)18(14-17-22)20-15-4-2/h18,20,22H,3-17H2,1-2H3,(H,21,23)/t18-/m0/s1. The average Bonchev–Trinajstić information content (AvgIpc) is 2.56. The monoisotopic (exact) mass is 328 g/mol. The molecule has 3 N–H and O–H groups in total. The molecule has 4 heteroatoms. The quantitative estimate of drug-likeness (QED) is 0.356. The van der Waals surface area contributed by atoms with Crippen LogP contribution < -0.4 is 10.6 Å². The molecule has 0 spiro atoms. The highest BCUT2D eigenvalue weighted by Crippen LogP contribution is 2.10. The molecule has 23 heavy (non-hydrogen) atoms. The Morgan fingerprint density at radius 3 is 1.91 bits per heavy atom. The number of hydrogen-bond acceptors (Lipinski definition) is 3. The normalized spacial score (nSPS) is 12.3. The van der Waals surface area contributed by atoms with Gasteiger partial charge in [0, 0.05) is 13.2 Å². The summed E-state index contributed by atoms with van der Waals surface area (Å²) >= 11 is 0. The number of rotatable bonds is 17. The third kappa shape index (κ3) is 14.7. The smallest absolute Gasteiger partial charge is 0.237 e. The lowest BCUT2D eigenvalue weighted by molar-refractivity contribution is -0.123. The summed E-state index contributed by atoms with van der Waals surface area (Å²) in [6.07, 6.45) is 14.6. The SMILES string of the molecule is CCCCCCCCCCCCNC(=O)[C@H](CCO)NCCC. The van der Waals surface area contributed by atoms with E-state index in [1.165, 1.54) is 57.8 Å². The third-order valence-corrected chi connectivity index (χ3v) is 4.20. The lowest BCUT2D eigenvalue weighted by Gasteiger charge is -2.17. The summed E-state index contributed by atoms with van der Waals surface area (Å²) in [6.45, 7) is 5.95. The Balaban J connectivity index is 3.46. The van der Waals surface area contributed by atoms with Crippen LogP contribution in [0.2, 0.25) is 0 Å². The van der Waals surface area contributed by atoms with Crippen molar-refractivity contribution in [3.63, 3.8) is 0 Å². The summed E-state index contributed by atoms with van der Waals surface area (Å²) < 4.78 is 0. The zero-order valence-corrected chi connectivity index (χ0v) is 15.5. The van der Waals surface area contributed by atoms with Gasteiger partial charge in [0.05, 0.1) is 6.04 Å². The van der Waals surface area contributed by atoms with Crippen molar-refractivity contribution in [1.29, 1.82) is 0 Å². The molecule has 0 saturated heterocycles. The fraction of sp³-hybridized carbons (Fsp3) is 0.947. The van der Waals surface area contributed by atoms with E-state index in [1.807, 2.05) is 0 Å². The molecule has 0 aliphatic heterocycles. The van der Waals surface area contributed by atoms with Crippen LogP contribution in [0, 0.1) is 0 Å². The van der Waals surface area contributed by atoms with E-state index in [1.54, 1.807) is 0 Å². The van der Waals surface area contributed by atoms with Crippen LogP contribution >= 0.6 is 0 Å². The van der Waals surface area contributed by atoms with Gasteiger partial charge in [-0.25, -0.2) is 0 Å². The molecule has 0 aromatic carbocycles. The Kier molecular flexibility index (Phi) is 17.3. The first kappa shape index (κ1) is 22.4. The van der Waals surface area contributed by atoms with Gasteiger partial charge in [-0.2, -0.15) is 0 Å². The summed E-state index contributed by atoms with van der Waals surface area (Å²) in [6, 6.07) is -0.247. The first-order chi connectivity index (χ1) is 11.3. The molecule has 0 aliphatic carbocycles. The van der Waals surface area contributed by atoms with Gasteiger partial charge in [0.25, 0.3) is 0 Å². The van der Waals surface area contributed by atoms with Gasteiger partial charge in [-0.15, -0.1) is 0 Å². The van der Waals surface area contributed by atoms with E-state index < -0.39 is 0 Å². The molecule has 138 valence electrons. The van der Waals surface area contributed by atoms with Crippen molar-refractivity contribution in [2.24, 2.45) is 0 Å². The van der Waals surface area contributed by atoms with E-state index in [9.17, 15) is 4.79 Å². The van der Waals surface area contributed by atoms with Crippen molar-refractivity contribution in [3.8, 4) is 0 Å². The van der Waals surface area contributed by atoms with Crippen molar-refractivity contribution in [2.45, 2.75) is 96.9 Å². The number of hydrogen-bond donors (Lipinski definition) is 3. The Bertz CT molecular complexity index is 260. The largest absolute Gasteiger partial charge is 0.396 e. The second-order valence-corrected chi connectivity index (χ2v) is 6.49. The van der Waals surface area contributed by atoms with Crippen LogP contribution in [-0.4, -0.2) is 36.8 Å². The molecule has 0 bridgehead atoms. The van der Waals surface area contributed by atoms with Crippen LogP contribution in [0.5, 0.6) is 0 Å². The topological polar surface area (TPSA) is 61.4 Å². The number of carbonyl (C=O) groups is 1. The van der Waals surface area contributed by atoms with Crippen LogP contribution in [0.3, 0.4) is 0 Å². The molecule has 1 amide bonds. The highest BCUT2D eigenvalue weighted by molar-refractivity contribution is 5.81. The predicted molar refractivity (Wildman–Crippen MR) is 98.6 cm³/mol. The second-order valence-electron chi connectivity index (χ2n) is 6.49. The Labute approximate surface area is 143 Å². The Hall–Kier alpha value is -0.610. The van der Waals surface area contributed by atoms with Crippen molar-refractivity contribution in [1.82, 2.24) is 10.6 Å². The molecule has 0 radical (unpaired) electrons. The molecular formula is C19H40N2O2. The highest BCUT2D eigenvalue weighted by Gasteiger charge is 2.15. The van der Waals surface area contributed by atoms with Crippen LogP contribution in [0.15, 0.2) is 0 Å². The number of nitrogens with one attached hydrogen (secondary N) is 2. The summed E-state index contributed by atoms with van der Waals surface area (Å²) in [5, 5.41) is 15.2. The first-order valence-electron chi connectivity index (χ1n) is 9.88. The van der Waals surface area contributed by atoms with E-state index in [0.717, 1.165) is 25.9 Å². The van der Waals surface area contributed by atoms with Gasteiger partial charge in [0.2, 0.25) is 5.91 Å². The molecule has 0 rings (SSSR count). The van der Waals surface area contributed by atoms with Gasteiger partial charge in [0.1, 0.15) is 0 Å². The van der Waals surface area contributed by atoms with Crippen LogP contribution in [-0.2, 0) is 4.79 Å². The minimum Gasteiger partial charge on any atom is -0.396 e. The summed E-state index contributed by atoms with van der Waals surface area (Å²) in [5.74, 6) is 0.0309. The van der Waals surface area contributed by atoms with Gasteiger partial charge >= 0.3 is 0 Å². The molecule has 1 atom stereocenters. The number of aliphatic hydroxyl groups excluding tert-OH is 1. The van der Waals surface area contributed by atoms with E-state index >= 15 is 0 Å². The average molecular weight is 329 g/mol. The van der Waals surface area contributed by atoms with Gasteiger partial charge < -0.3 is 15.7 Å². The lowest BCUT2D eigenvalue weighted by Crippen LogP contribution is -2.45. The maximum Gasteiger partial charge on any atom is 0.237 e. The molecule has 0 unspecified atom stereocenters. The molecule has 0 fully saturated rings. The molecule has 0 saturated carbocycles. The second kappa shape index (κ2) is 17.7. The van der Waals surface area contributed by atoms with Crippen molar-refractivity contribution < 1.29 is 9.90 Å². The van der Waals surface area contributed by atoms with Crippen LogP contribution in [0.4, 0.5) is 0 Å². The molecule has 0 heterocycles. The first-order valence-corrected chi connectivity index (χ1v) is 9.88.